The minimum Gasteiger partial charge on any atom is -0.328 e. The third kappa shape index (κ3) is 1.76. The number of anilines is 2. The number of nitrogens with zero attached hydrogens (tertiary/aromatic N) is 4. The van der Waals surface area contributed by atoms with Crippen LogP contribution in [0.15, 0.2) is 30.3 Å². The van der Waals surface area contributed by atoms with Crippen molar-refractivity contribution in [3.8, 4) is 0 Å². The van der Waals surface area contributed by atoms with E-state index >= 15 is 0 Å². The highest BCUT2D eigenvalue weighted by molar-refractivity contribution is 7.20. The van der Waals surface area contributed by atoms with Crippen molar-refractivity contribution in [3.05, 3.63) is 36.2 Å². The second kappa shape index (κ2) is 3.81. The Morgan fingerprint density at radius 1 is 1.29 bits per heavy atom. The zero-order valence-corrected chi connectivity index (χ0v) is 10.4. The van der Waals surface area contributed by atoms with E-state index in [0.29, 0.717) is 0 Å². The van der Waals surface area contributed by atoms with E-state index in [1.807, 2.05) is 53.5 Å². The highest BCUT2D eigenvalue weighted by Crippen LogP contribution is 2.21. The van der Waals surface area contributed by atoms with E-state index in [9.17, 15) is 0 Å². The van der Waals surface area contributed by atoms with E-state index in [2.05, 4.69) is 15.5 Å². The van der Waals surface area contributed by atoms with Crippen molar-refractivity contribution in [2.45, 2.75) is 6.92 Å². The Hall–Kier alpha value is -1.95. The second-order valence-corrected chi connectivity index (χ2v) is 4.72. The summed E-state index contributed by atoms with van der Waals surface area (Å²) in [6.07, 6.45) is 0. The molecule has 1 N–H and O–H groups in total. The predicted octanol–water partition coefficient (Wildman–Crippen LogP) is 1.67. The monoisotopic (exact) mass is 246 g/mol. The lowest BCUT2D eigenvalue weighted by Gasteiger charge is -1.98. The van der Waals surface area contributed by atoms with Crippen LogP contribution in [0, 0.1) is 6.92 Å². The molecule has 0 amide bonds. The predicted molar refractivity (Wildman–Crippen MR) is 66.5 cm³/mol. The summed E-state index contributed by atoms with van der Waals surface area (Å²) < 4.78 is 3.68. The summed E-state index contributed by atoms with van der Waals surface area (Å²) in [5.41, 5.74) is 1.04. The smallest absolute Gasteiger partial charge is 0.328 e. The highest BCUT2D eigenvalue weighted by atomic mass is 32.1. The van der Waals surface area contributed by atoms with Gasteiger partial charge in [-0.05, 0) is 33.7 Å². The maximum Gasteiger partial charge on any atom is 0.392 e. The molecule has 0 atom stereocenters. The molecule has 1 aromatic carbocycles. The Kier molecular flexibility index (Phi) is 2.29. The minimum atomic E-state index is 0.868. The molecule has 0 bridgehead atoms. The molecular weight excluding hydrogens is 234 g/mol. The number of aromatic nitrogens is 4. The first-order valence-corrected chi connectivity index (χ1v) is 6.10. The molecule has 3 aromatic rings. The third-order valence-corrected chi connectivity index (χ3v) is 3.46. The van der Waals surface area contributed by atoms with Crippen molar-refractivity contribution in [2.24, 2.45) is 7.05 Å². The van der Waals surface area contributed by atoms with Crippen LogP contribution in [0.25, 0.3) is 4.96 Å². The van der Waals surface area contributed by atoms with Crippen molar-refractivity contribution < 1.29 is 4.68 Å². The zero-order chi connectivity index (χ0) is 11.8. The van der Waals surface area contributed by atoms with Crippen LogP contribution < -0.4 is 10.00 Å². The molecule has 0 aliphatic carbocycles. The number of aryl methyl sites for hydroxylation is 2. The fourth-order valence-electron chi connectivity index (χ4n) is 1.70. The van der Waals surface area contributed by atoms with Gasteiger partial charge in [0.15, 0.2) is 0 Å². The van der Waals surface area contributed by atoms with Crippen molar-refractivity contribution in [2.75, 3.05) is 5.32 Å². The SMILES string of the molecule is Cc1n[n+](C)c2sc(Nc3ccccc3)nn12. The summed E-state index contributed by atoms with van der Waals surface area (Å²) in [5.74, 6) is 0.889. The van der Waals surface area contributed by atoms with Crippen LogP contribution in [0.3, 0.4) is 0 Å². The van der Waals surface area contributed by atoms with Crippen molar-refractivity contribution in [1.82, 2.24) is 14.7 Å². The Balaban J connectivity index is 1.99. The summed E-state index contributed by atoms with van der Waals surface area (Å²) >= 11 is 1.58. The lowest BCUT2D eigenvalue weighted by molar-refractivity contribution is -0.702. The summed E-state index contributed by atoms with van der Waals surface area (Å²) in [6.45, 7) is 1.94. The number of nitrogens with one attached hydrogen (secondary N) is 1. The number of fused-ring (bicyclic) bond motifs is 1. The van der Waals surface area contributed by atoms with Gasteiger partial charge in [0.25, 0.3) is 5.82 Å². The van der Waals surface area contributed by atoms with Crippen LogP contribution in [0.5, 0.6) is 0 Å². The third-order valence-electron chi connectivity index (χ3n) is 2.46. The minimum absolute atomic E-state index is 0.868. The standard InChI is InChI=1S/C11H12N5S/c1-8-13-15(2)11-16(8)14-10(17-11)12-9-6-4-3-5-7-9/h3-7H,1-2H3,(H,12,14)/q+1. The molecule has 2 heterocycles. The topological polar surface area (TPSA) is 46.1 Å². The lowest BCUT2D eigenvalue weighted by atomic mass is 10.3. The van der Waals surface area contributed by atoms with Gasteiger partial charge in [-0.25, -0.2) is 0 Å². The van der Waals surface area contributed by atoms with E-state index < -0.39 is 0 Å². The van der Waals surface area contributed by atoms with Crippen molar-refractivity contribution in [1.29, 1.82) is 0 Å². The highest BCUT2D eigenvalue weighted by Gasteiger charge is 2.19. The number of hydrogen-bond acceptors (Lipinski definition) is 4. The number of benzene rings is 1. The maximum atomic E-state index is 4.47. The fraction of sp³-hybridized carbons (Fsp3) is 0.182. The van der Waals surface area contributed by atoms with Gasteiger partial charge >= 0.3 is 4.96 Å². The quantitative estimate of drug-likeness (QED) is 0.700. The molecule has 0 unspecified atom stereocenters. The average molecular weight is 246 g/mol. The molecular formula is C11H12N5S+. The first-order chi connectivity index (χ1) is 8.24. The van der Waals surface area contributed by atoms with Gasteiger partial charge in [-0.1, -0.05) is 22.7 Å². The zero-order valence-electron chi connectivity index (χ0n) is 9.58. The second-order valence-electron chi connectivity index (χ2n) is 3.76. The van der Waals surface area contributed by atoms with Gasteiger partial charge in [0.2, 0.25) is 5.13 Å². The Morgan fingerprint density at radius 2 is 2.06 bits per heavy atom. The average Bonchev–Trinajstić information content (AvgIpc) is 2.83. The van der Waals surface area contributed by atoms with Gasteiger partial charge < -0.3 is 5.32 Å². The van der Waals surface area contributed by atoms with Crippen molar-refractivity contribution in [3.63, 3.8) is 0 Å². The largest absolute Gasteiger partial charge is 0.392 e. The number of para-hydroxylation sites is 1. The molecule has 0 saturated carbocycles. The lowest BCUT2D eigenvalue weighted by Crippen LogP contribution is -2.29. The molecule has 6 heteroatoms. The van der Waals surface area contributed by atoms with Crippen LogP contribution in [0.1, 0.15) is 5.82 Å². The fourth-order valence-corrected chi connectivity index (χ4v) is 2.59. The number of rotatable bonds is 2. The normalized spacial score (nSPS) is 10.9. The summed E-state index contributed by atoms with van der Waals surface area (Å²) in [5, 5.41) is 12.9. The summed E-state index contributed by atoms with van der Waals surface area (Å²) in [4.78, 5) is 1.01. The molecule has 86 valence electrons. The van der Waals surface area contributed by atoms with E-state index in [1.165, 1.54) is 0 Å². The van der Waals surface area contributed by atoms with E-state index in [1.54, 1.807) is 11.3 Å². The Bertz CT molecular complexity index is 621. The number of hydrogen-bond donors (Lipinski definition) is 1. The molecule has 2 aromatic heterocycles. The summed E-state index contributed by atoms with van der Waals surface area (Å²) in [7, 11) is 1.92. The van der Waals surface area contributed by atoms with Gasteiger partial charge in [0, 0.05) is 12.6 Å². The first kappa shape index (κ1) is 10.2. The van der Waals surface area contributed by atoms with Crippen LogP contribution in [0.2, 0.25) is 0 Å². The maximum absolute atomic E-state index is 4.47. The van der Waals surface area contributed by atoms with Gasteiger partial charge in [-0.3, -0.25) is 0 Å². The molecule has 0 aliphatic heterocycles. The van der Waals surface area contributed by atoms with E-state index in [4.69, 9.17) is 0 Å². The molecule has 0 saturated heterocycles. The molecule has 3 rings (SSSR count). The molecule has 0 aliphatic rings. The molecule has 0 radical (unpaired) electrons. The summed E-state index contributed by atoms with van der Waals surface area (Å²) in [6, 6.07) is 10.0. The van der Waals surface area contributed by atoms with Gasteiger partial charge in [-0.15, -0.1) is 4.68 Å². The van der Waals surface area contributed by atoms with Gasteiger partial charge in [0.05, 0.1) is 0 Å². The molecule has 17 heavy (non-hydrogen) atoms. The Morgan fingerprint density at radius 3 is 2.76 bits per heavy atom. The van der Waals surface area contributed by atoms with Crippen LogP contribution in [-0.2, 0) is 7.05 Å². The van der Waals surface area contributed by atoms with Crippen LogP contribution in [0.4, 0.5) is 10.8 Å². The van der Waals surface area contributed by atoms with Gasteiger partial charge in [-0.2, -0.15) is 0 Å². The molecule has 0 fully saturated rings. The van der Waals surface area contributed by atoms with Crippen LogP contribution >= 0.6 is 11.3 Å². The first-order valence-electron chi connectivity index (χ1n) is 5.28. The molecule has 0 spiro atoms. The van der Waals surface area contributed by atoms with E-state index in [-0.39, 0.29) is 0 Å². The van der Waals surface area contributed by atoms with Crippen LogP contribution in [-0.4, -0.2) is 14.7 Å². The van der Waals surface area contributed by atoms with Crippen molar-refractivity contribution >= 4 is 27.1 Å². The van der Waals surface area contributed by atoms with Gasteiger partial charge in [0.1, 0.15) is 7.05 Å². The van der Waals surface area contributed by atoms with E-state index in [0.717, 1.165) is 21.6 Å². The Labute approximate surface area is 102 Å². The molecule has 5 nitrogen and oxygen atoms in total.